The highest BCUT2D eigenvalue weighted by molar-refractivity contribution is 7.09. The van der Waals surface area contributed by atoms with Crippen LogP contribution in [0.1, 0.15) is 68.7 Å². The van der Waals surface area contributed by atoms with Gasteiger partial charge in [-0.3, -0.25) is 0 Å². The Hall–Kier alpha value is -4.86. The van der Waals surface area contributed by atoms with Crippen LogP contribution < -0.4 is 4.90 Å². The molecule has 1 aromatic heterocycles. The number of rotatable bonds is 8. The molecular formula is C46H58N2S. The van der Waals surface area contributed by atoms with Crippen molar-refractivity contribution in [2.24, 2.45) is 0 Å². The van der Waals surface area contributed by atoms with Gasteiger partial charge < -0.3 is 9.80 Å². The van der Waals surface area contributed by atoms with Gasteiger partial charge in [0.05, 0.1) is 0 Å². The molecule has 0 fully saturated rings. The molecule has 5 aromatic rings. The molecule has 0 atom stereocenters. The predicted molar refractivity (Wildman–Crippen MR) is 224 cm³/mol. The van der Waals surface area contributed by atoms with E-state index in [1.807, 2.05) is 76.9 Å². The van der Waals surface area contributed by atoms with E-state index in [4.69, 9.17) is 0 Å². The van der Waals surface area contributed by atoms with Crippen LogP contribution in [0.5, 0.6) is 0 Å². The molecule has 0 saturated carbocycles. The maximum Gasteiger partial charge on any atom is 0.0458 e. The summed E-state index contributed by atoms with van der Waals surface area (Å²) in [5, 5.41) is 2.08. The molecule has 0 unspecified atom stereocenters. The third kappa shape index (κ3) is 14.8. The number of hydrogen-bond donors (Lipinski definition) is 0. The Morgan fingerprint density at radius 2 is 1.04 bits per heavy atom. The predicted octanol–water partition coefficient (Wildman–Crippen LogP) is 14.3. The number of nitrogens with zero attached hydrogens (tertiary/aromatic N) is 2. The lowest BCUT2D eigenvalue weighted by Crippen LogP contribution is -2.15. The molecule has 0 aliphatic rings. The monoisotopic (exact) mass is 670 g/mol. The lowest BCUT2D eigenvalue weighted by molar-refractivity contribution is 0.688. The second-order valence-electron chi connectivity index (χ2n) is 10.7. The summed E-state index contributed by atoms with van der Waals surface area (Å²) in [5.74, 6) is 0. The van der Waals surface area contributed by atoms with Gasteiger partial charge in [-0.05, 0) is 87.5 Å². The van der Waals surface area contributed by atoms with Crippen LogP contribution in [0.25, 0.3) is 11.4 Å². The Balaban J connectivity index is 0.000000575. The number of aryl methyl sites for hydroxylation is 3. The average molecular weight is 671 g/mol. The third-order valence-electron chi connectivity index (χ3n) is 7.15. The van der Waals surface area contributed by atoms with Crippen molar-refractivity contribution >= 4 is 34.1 Å². The van der Waals surface area contributed by atoms with E-state index < -0.39 is 0 Å². The Bertz CT molecular complexity index is 1650. The summed E-state index contributed by atoms with van der Waals surface area (Å²) >= 11 is 1.78. The highest BCUT2D eigenvalue weighted by Crippen LogP contribution is 2.32. The zero-order valence-electron chi connectivity index (χ0n) is 31.6. The third-order valence-corrected chi connectivity index (χ3v) is 7.96. The smallest absolute Gasteiger partial charge is 0.0458 e. The van der Waals surface area contributed by atoms with E-state index in [0.717, 1.165) is 39.6 Å². The van der Waals surface area contributed by atoms with Crippen molar-refractivity contribution in [1.82, 2.24) is 4.90 Å². The SMILES string of the molecule is C=C(c1ccc(C)cc1)N(C)C(=C)c1ccc(N(/C(C)=C/C=C\C)c2ccccc2)cc1.CC.CC.Cc1ccccc1.Cc1cccs1. The van der Waals surface area contributed by atoms with Crippen molar-refractivity contribution in [3.63, 3.8) is 0 Å². The minimum absolute atomic E-state index is 0.912. The van der Waals surface area contributed by atoms with Crippen molar-refractivity contribution in [2.45, 2.75) is 62.3 Å². The summed E-state index contributed by atoms with van der Waals surface area (Å²) in [6, 6.07) is 41.8. The number of allylic oxidation sites excluding steroid dienone is 4. The molecule has 0 amide bonds. The van der Waals surface area contributed by atoms with Gasteiger partial charge in [0, 0.05) is 40.4 Å². The molecule has 0 spiro atoms. The zero-order chi connectivity index (χ0) is 36.6. The first-order valence-electron chi connectivity index (χ1n) is 17.2. The topological polar surface area (TPSA) is 6.48 Å². The molecule has 258 valence electrons. The summed E-state index contributed by atoms with van der Waals surface area (Å²) in [6.07, 6.45) is 6.23. The summed E-state index contributed by atoms with van der Waals surface area (Å²) in [4.78, 5) is 5.68. The molecule has 2 nitrogen and oxygen atoms in total. The minimum Gasteiger partial charge on any atom is -0.345 e. The molecule has 5 rings (SSSR count). The zero-order valence-corrected chi connectivity index (χ0v) is 32.4. The van der Waals surface area contributed by atoms with Crippen molar-refractivity contribution in [3.05, 3.63) is 191 Å². The molecule has 49 heavy (non-hydrogen) atoms. The van der Waals surface area contributed by atoms with Crippen LogP contribution in [0.4, 0.5) is 11.4 Å². The Morgan fingerprint density at radius 1 is 0.592 bits per heavy atom. The van der Waals surface area contributed by atoms with Crippen molar-refractivity contribution in [3.8, 4) is 0 Å². The van der Waals surface area contributed by atoms with E-state index in [1.165, 1.54) is 16.0 Å². The number of benzene rings is 4. The van der Waals surface area contributed by atoms with Gasteiger partial charge in [0.15, 0.2) is 0 Å². The van der Waals surface area contributed by atoms with Gasteiger partial charge >= 0.3 is 0 Å². The van der Waals surface area contributed by atoms with Gasteiger partial charge in [-0.15, -0.1) is 11.3 Å². The van der Waals surface area contributed by atoms with E-state index in [2.05, 4.69) is 160 Å². The minimum atomic E-state index is 0.912. The lowest BCUT2D eigenvalue weighted by Gasteiger charge is -2.27. The maximum absolute atomic E-state index is 4.33. The van der Waals surface area contributed by atoms with Crippen LogP contribution >= 0.6 is 11.3 Å². The van der Waals surface area contributed by atoms with Gasteiger partial charge in [-0.1, -0.05) is 155 Å². The van der Waals surface area contributed by atoms with E-state index in [1.54, 1.807) is 11.3 Å². The summed E-state index contributed by atoms with van der Waals surface area (Å²) in [7, 11) is 2.01. The van der Waals surface area contributed by atoms with Crippen LogP contribution in [0.15, 0.2) is 164 Å². The lowest BCUT2D eigenvalue weighted by atomic mass is 10.1. The van der Waals surface area contributed by atoms with Crippen LogP contribution in [0.2, 0.25) is 0 Å². The molecule has 3 heteroatoms. The maximum atomic E-state index is 4.33. The Kier molecular flexibility index (Phi) is 20.9. The van der Waals surface area contributed by atoms with Gasteiger partial charge in [-0.2, -0.15) is 0 Å². The first kappa shape index (κ1) is 42.2. The molecule has 0 radical (unpaired) electrons. The van der Waals surface area contributed by atoms with Crippen LogP contribution in [0, 0.1) is 20.8 Å². The number of hydrogen-bond acceptors (Lipinski definition) is 3. The molecular weight excluding hydrogens is 613 g/mol. The standard InChI is InChI=1S/C30H32N2.C7H8.C5H6S.2C2H6/c1-7-8-12-24(3)32(29-13-10-9-11-14-29)30-21-19-28(20-22-30)26(5)31(6)25(4)27-17-15-23(2)16-18-27;1-7-5-3-2-4-6-7;1-5-3-2-4-6-5;2*1-2/h7-22H,4-5H2,1-3,6H3;2-6H,1H3;2-4H,1H3;2*1-2H3/b8-7-,24-12+;;;;. The average Bonchev–Trinajstić information content (AvgIpc) is 3.64. The summed E-state index contributed by atoms with van der Waals surface area (Å²) in [5.41, 5.74) is 9.93. The summed E-state index contributed by atoms with van der Waals surface area (Å²) < 4.78 is 0. The van der Waals surface area contributed by atoms with Crippen molar-refractivity contribution in [2.75, 3.05) is 11.9 Å². The van der Waals surface area contributed by atoms with Gasteiger partial charge in [0.2, 0.25) is 0 Å². The Morgan fingerprint density at radius 3 is 1.43 bits per heavy atom. The largest absolute Gasteiger partial charge is 0.345 e. The molecule has 0 aliphatic carbocycles. The number of anilines is 2. The second-order valence-corrected chi connectivity index (χ2v) is 11.9. The first-order chi connectivity index (χ1) is 23.7. The van der Waals surface area contributed by atoms with Crippen LogP contribution in [0.3, 0.4) is 0 Å². The van der Waals surface area contributed by atoms with Gasteiger partial charge in [0.25, 0.3) is 0 Å². The van der Waals surface area contributed by atoms with E-state index in [0.29, 0.717) is 0 Å². The van der Waals surface area contributed by atoms with Crippen LogP contribution in [-0.4, -0.2) is 11.9 Å². The van der Waals surface area contributed by atoms with Crippen molar-refractivity contribution in [1.29, 1.82) is 0 Å². The highest BCUT2D eigenvalue weighted by Gasteiger charge is 2.14. The highest BCUT2D eigenvalue weighted by atomic mass is 32.1. The first-order valence-corrected chi connectivity index (χ1v) is 18.0. The Labute approximate surface area is 303 Å². The fourth-order valence-electron chi connectivity index (χ4n) is 4.44. The summed E-state index contributed by atoms with van der Waals surface area (Å²) in [6.45, 7) is 27.0. The molecule has 0 aliphatic heterocycles. The second kappa shape index (κ2) is 24.3. The van der Waals surface area contributed by atoms with E-state index in [9.17, 15) is 0 Å². The normalized spacial score (nSPS) is 10.0. The molecule has 0 bridgehead atoms. The van der Waals surface area contributed by atoms with Gasteiger partial charge in [0.1, 0.15) is 0 Å². The molecule has 4 aromatic carbocycles. The molecule has 1 heterocycles. The number of para-hydroxylation sites is 1. The fourth-order valence-corrected chi connectivity index (χ4v) is 4.97. The quantitative estimate of drug-likeness (QED) is 0.152. The van der Waals surface area contributed by atoms with Crippen molar-refractivity contribution < 1.29 is 0 Å². The van der Waals surface area contributed by atoms with Crippen LogP contribution in [-0.2, 0) is 0 Å². The molecule has 0 saturated heterocycles. The fraction of sp³-hybridized carbons (Fsp3) is 0.217. The molecule has 0 N–H and O–H groups in total. The van der Waals surface area contributed by atoms with E-state index >= 15 is 0 Å². The number of thiophene rings is 1. The van der Waals surface area contributed by atoms with Gasteiger partial charge in [-0.25, -0.2) is 0 Å². The van der Waals surface area contributed by atoms with E-state index in [-0.39, 0.29) is 0 Å².